The Morgan fingerprint density at radius 1 is 1.00 bits per heavy atom. The fraction of sp³-hybridized carbons (Fsp3) is 0.280. The van der Waals surface area contributed by atoms with Crippen LogP contribution in [0.25, 0.3) is 11.3 Å². The Balaban J connectivity index is 1.83. The van der Waals surface area contributed by atoms with Gasteiger partial charge in [-0.2, -0.15) is 13.2 Å². The molecular formula is C25H24F5N3O2S. The summed E-state index contributed by atoms with van der Waals surface area (Å²) in [5.74, 6) is -2.62. The lowest BCUT2D eigenvalue weighted by atomic mass is 9.98. The van der Waals surface area contributed by atoms with Crippen molar-refractivity contribution in [3.8, 4) is 11.3 Å². The standard InChI is InChI=1S/C25H24F5N3O2S/c1-14-4-8-20(26)19(10-14)23-18(7-9-22(33-23)25(28,29)30)12-31-24(34)15(2)16-5-6-17(21(27)11-16)13-32-36(3)35/h4-11,15,32H,12-13H2,1-3H3,(H,31,34). The smallest absolute Gasteiger partial charge is 0.351 e. The Morgan fingerprint density at radius 2 is 1.69 bits per heavy atom. The van der Waals surface area contributed by atoms with Gasteiger partial charge in [-0.1, -0.05) is 29.8 Å². The van der Waals surface area contributed by atoms with E-state index in [2.05, 4.69) is 15.0 Å². The van der Waals surface area contributed by atoms with Crippen molar-refractivity contribution in [1.82, 2.24) is 15.0 Å². The maximum Gasteiger partial charge on any atom is 0.433 e. The van der Waals surface area contributed by atoms with Crippen LogP contribution in [-0.2, 0) is 35.0 Å². The third-order valence-electron chi connectivity index (χ3n) is 5.54. The van der Waals surface area contributed by atoms with Gasteiger partial charge in [0, 0.05) is 30.5 Å². The molecule has 0 fully saturated rings. The van der Waals surface area contributed by atoms with Gasteiger partial charge in [-0.05, 0) is 49.2 Å². The lowest BCUT2D eigenvalue weighted by Crippen LogP contribution is -2.28. The van der Waals surface area contributed by atoms with Crippen LogP contribution in [-0.4, -0.2) is 21.4 Å². The largest absolute Gasteiger partial charge is 0.433 e. The van der Waals surface area contributed by atoms with Crippen molar-refractivity contribution in [1.29, 1.82) is 0 Å². The molecule has 0 radical (unpaired) electrons. The maximum atomic E-state index is 14.5. The molecule has 0 bridgehead atoms. The van der Waals surface area contributed by atoms with Crippen molar-refractivity contribution in [2.45, 2.75) is 39.0 Å². The number of hydrogen-bond donors (Lipinski definition) is 2. The molecule has 5 nitrogen and oxygen atoms in total. The summed E-state index contributed by atoms with van der Waals surface area (Å²) in [7, 11) is -1.31. The van der Waals surface area contributed by atoms with Crippen molar-refractivity contribution in [3.05, 3.63) is 88.1 Å². The van der Waals surface area contributed by atoms with Gasteiger partial charge < -0.3 is 5.32 Å². The van der Waals surface area contributed by atoms with E-state index < -0.39 is 46.3 Å². The van der Waals surface area contributed by atoms with Crippen LogP contribution in [0.5, 0.6) is 0 Å². The van der Waals surface area contributed by atoms with E-state index in [-0.39, 0.29) is 35.5 Å². The molecule has 3 rings (SSSR count). The molecule has 0 saturated heterocycles. The number of aryl methyl sites for hydroxylation is 1. The van der Waals surface area contributed by atoms with Crippen LogP contribution in [0.3, 0.4) is 0 Å². The molecule has 1 amide bonds. The number of carbonyl (C=O) groups is 1. The average molecular weight is 526 g/mol. The number of nitrogens with zero attached hydrogens (tertiary/aromatic N) is 1. The predicted molar refractivity (Wildman–Crippen MR) is 127 cm³/mol. The second-order valence-corrected chi connectivity index (χ2v) is 9.45. The molecule has 2 unspecified atom stereocenters. The average Bonchev–Trinajstić information content (AvgIpc) is 2.82. The van der Waals surface area contributed by atoms with Gasteiger partial charge in [0.2, 0.25) is 5.91 Å². The van der Waals surface area contributed by atoms with Crippen molar-refractivity contribution < 1.29 is 31.0 Å². The van der Waals surface area contributed by atoms with Crippen LogP contribution in [0.15, 0.2) is 48.5 Å². The monoisotopic (exact) mass is 525 g/mol. The first-order valence-electron chi connectivity index (χ1n) is 10.8. The third kappa shape index (κ3) is 6.73. The number of aromatic nitrogens is 1. The van der Waals surface area contributed by atoms with Crippen molar-refractivity contribution in [3.63, 3.8) is 0 Å². The number of rotatable bonds is 8. The molecule has 3 aromatic rings. The van der Waals surface area contributed by atoms with E-state index in [4.69, 9.17) is 0 Å². The quantitative estimate of drug-likeness (QED) is 0.400. The number of halogens is 5. The van der Waals surface area contributed by atoms with Gasteiger partial charge in [0.15, 0.2) is 0 Å². The normalized spacial score (nSPS) is 13.3. The summed E-state index contributed by atoms with van der Waals surface area (Å²) in [4.78, 5) is 16.4. The second kappa shape index (κ2) is 11.3. The fourth-order valence-corrected chi connectivity index (χ4v) is 3.84. The highest BCUT2D eigenvalue weighted by molar-refractivity contribution is 7.82. The molecule has 0 saturated carbocycles. The van der Waals surface area contributed by atoms with Crippen molar-refractivity contribution >= 4 is 16.9 Å². The van der Waals surface area contributed by atoms with Crippen LogP contribution >= 0.6 is 0 Å². The minimum atomic E-state index is -4.73. The maximum absolute atomic E-state index is 14.5. The van der Waals surface area contributed by atoms with E-state index in [0.717, 1.165) is 18.2 Å². The molecule has 1 heterocycles. The summed E-state index contributed by atoms with van der Waals surface area (Å²) in [5, 5.41) is 2.62. The number of carbonyl (C=O) groups excluding carboxylic acids is 1. The van der Waals surface area contributed by atoms with Crippen LogP contribution in [0.2, 0.25) is 0 Å². The Bertz CT molecular complexity index is 1300. The molecule has 0 aliphatic carbocycles. The number of benzene rings is 2. The second-order valence-electron chi connectivity index (χ2n) is 8.25. The number of nitrogens with one attached hydrogen (secondary N) is 2. The summed E-state index contributed by atoms with van der Waals surface area (Å²) in [6, 6.07) is 10.2. The first-order valence-corrected chi connectivity index (χ1v) is 12.4. The zero-order valence-electron chi connectivity index (χ0n) is 19.7. The number of amides is 1. The van der Waals surface area contributed by atoms with E-state index in [1.807, 2.05) is 0 Å². The Morgan fingerprint density at radius 3 is 2.33 bits per heavy atom. The van der Waals surface area contributed by atoms with Crippen LogP contribution in [0.1, 0.15) is 40.8 Å². The molecule has 2 N–H and O–H groups in total. The summed E-state index contributed by atoms with van der Waals surface area (Å²) in [6.07, 6.45) is -3.31. The van der Waals surface area contributed by atoms with E-state index >= 15 is 0 Å². The lowest BCUT2D eigenvalue weighted by molar-refractivity contribution is -0.141. The first kappa shape index (κ1) is 27.4. The molecular weight excluding hydrogens is 501 g/mol. The highest BCUT2D eigenvalue weighted by atomic mass is 32.2. The molecule has 2 atom stereocenters. The zero-order chi connectivity index (χ0) is 26.6. The molecule has 0 aliphatic rings. The van der Waals surface area contributed by atoms with Crippen LogP contribution in [0.4, 0.5) is 22.0 Å². The van der Waals surface area contributed by atoms with Gasteiger partial charge in [0.25, 0.3) is 0 Å². The zero-order valence-corrected chi connectivity index (χ0v) is 20.5. The fourth-order valence-electron chi connectivity index (χ4n) is 3.48. The molecule has 0 aliphatic heterocycles. The summed E-state index contributed by atoms with van der Waals surface area (Å²) in [6.45, 7) is 3.05. The predicted octanol–water partition coefficient (Wildman–Crippen LogP) is 5.16. The van der Waals surface area contributed by atoms with Gasteiger partial charge in [0.05, 0.1) is 22.6 Å². The molecule has 2 aromatic carbocycles. The topological polar surface area (TPSA) is 71.1 Å². The first-order chi connectivity index (χ1) is 16.9. The van der Waals surface area contributed by atoms with Gasteiger partial charge in [0.1, 0.15) is 17.3 Å². The molecule has 11 heteroatoms. The van der Waals surface area contributed by atoms with Gasteiger partial charge in [-0.15, -0.1) is 0 Å². The van der Waals surface area contributed by atoms with E-state index in [9.17, 15) is 31.0 Å². The molecule has 36 heavy (non-hydrogen) atoms. The molecule has 1 aromatic heterocycles. The minimum absolute atomic E-state index is 0.0506. The number of alkyl halides is 3. The minimum Gasteiger partial charge on any atom is -0.351 e. The Labute approximate surface area is 207 Å². The highest BCUT2D eigenvalue weighted by Gasteiger charge is 2.33. The van der Waals surface area contributed by atoms with Gasteiger partial charge in [-0.25, -0.2) is 22.7 Å². The lowest BCUT2D eigenvalue weighted by Gasteiger charge is -2.17. The Kier molecular flexibility index (Phi) is 8.57. The van der Waals surface area contributed by atoms with E-state index in [1.54, 1.807) is 19.9 Å². The summed E-state index contributed by atoms with van der Waals surface area (Å²) < 4.78 is 82.5. The third-order valence-corrected chi connectivity index (χ3v) is 6.09. The van der Waals surface area contributed by atoms with E-state index in [0.29, 0.717) is 11.1 Å². The van der Waals surface area contributed by atoms with Crippen molar-refractivity contribution in [2.75, 3.05) is 6.26 Å². The van der Waals surface area contributed by atoms with Gasteiger partial charge >= 0.3 is 6.18 Å². The number of hydrogen-bond acceptors (Lipinski definition) is 3. The number of pyridine rings is 1. The Hall–Kier alpha value is -3.18. The molecule has 0 spiro atoms. The molecule has 192 valence electrons. The van der Waals surface area contributed by atoms with Crippen LogP contribution < -0.4 is 10.0 Å². The van der Waals surface area contributed by atoms with E-state index in [1.165, 1.54) is 30.5 Å². The SMILES string of the molecule is Cc1ccc(F)c(-c2nc(C(F)(F)F)ccc2CNC(=O)C(C)c2ccc(CNS(C)=O)c(F)c2)c1. The highest BCUT2D eigenvalue weighted by Crippen LogP contribution is 2.32. The van der Waals surface area contributed by atoms with Crippen molar-refractivity contribution in [2.24, 2.45) is 0 Å². The van der Waals surface area contributed by atoms with Gasteiger partial charge in [-0.3, -0.25) is 4.79 Å². The summed E-state index contributed by atoms with van der Waals surface area (Å²) >= 11 is 0. The summed E-state index contributed by atoms with van der Waals surface area (Å²) in [5.41, 5.74) is -0.0518. The van der Waals surface area contributed by atoms with Crippen LogP contribution in [0, 0.1) is 18.6 Å².